The molecule has 7 nitrogen and oxygen atoms in total. The number of hydrogen-bond donors (Lipinski definition) is 3. The van der Waals surface area contributed by atoms with E-state index < -0.39 is 5.97 Å². The van der Waals surface area contributed by atoms with Gasteiger partial charge in [-0.2, -0.15) is 0 Å². The van der Waals surface area contributed by atoms with Gasteiger partial charge in [0.25, 0.3) is 0 Å². The normalized spacial score (nSPS) is 29.3. The molecule has 3 N–H and O–H groups in total. The fourth-order valence-electron chi connectivity index (χ4n) is 3.07. The molecule has 3 amide bonds. The summed E-state index contributed by atoms with van der Waals surface area (Å²) in [6.07, 6.45) is 2.94. The van der Waals surface area contributed by atoms with Crippen LogP contribution >= 0.6 is 0 Å². The quantitative estimate of drug-likeness (QED) is 0.705. The van der Waals surface area contributed by atoms with Crippen LogP contribution in [0.15, 0.2) is 0 Å². The highest BCUT2D eigenvalue weighted by atomic mass is 16.4. The summed E-state index contributed by atoms with van der Waals surface area (Å²) in [6, 6.07) is -0.364. The van der Waals surface area contributed by atoms with Gasteiger partial charge in [-0.3, -0.25) is 9.59 Å². The summed E-state index contributed by atoms with van der Waals surface area (Å²) >= 11 is 0. The second-order valence-electron chi connectivity index (χ2n) is 5.84. The van der Waals surface area contributed by atoms with E-state index in [1.54, 1.807) is 4.90 Å². The van der Waals surface area contributed by atoms with Crippen LogP contribution in [0, 0.1) is 5.92 Å². The van der Waals surface area contributed by atoms with Crippen molar-refractivity contribution in [2.45, 2.75) is 51.1 Å². The molecule has 2 aliphatic rings. The van der Waals surface area contributed by atoms with Crippen molar-refractivity contribution in [2.75, 3.05) is 13.1 Å². The van der Waals surface area contributed by atoms with E-state index in [1.807, 2.05) is 6.92 Å². The molecule has 2 fully saturated rings. The lowest BCUT2D eigenvalue weighted by Gasteiger charge is -2.27. The van der Waals surface area contributed by atoms with Crippen molar-refractivity contribution < 1.29 is 19.5 Å². The van der Waals surface area contributed by atoms with Gasteiger partial charge >= 0.3 is 12.0 Å². The van der Waals surface area contributed by atoms with Crippen molar-refractivity contribution >= 4 is 17.9 Å². The molecule has 1 unspecified atom stereocenters. The van der Waals surface area contributed by atoms with E-state index in [0.717, 1.165) is 0 Å². The number of carbonyl (C=O) groups excluding carboxylic acids is 2. The van der Waals surface area contributed by atoms with E-state index >= 15 is 0 Å². The molecule has 0 bridgehead atoms. The lowest BCUT2D eigenvalue weighted by atomic mass is 9.86. The third kappa shape index (κ3) is 4.09. The topological polar surface area (TPSA) is 98.7 Å². The van der Waals surface area contributed by atoms with Crippen LogP contribution in [0.1, 0.15) is 39.0 Å². The second-order valence-corrected chi connectivity index (χ2v) is 5.84. The smallest absolute Gasteiger partial charge is 0.315 e. The van der Waals surface area contributed by atoms with Crippen molar-refractivity contribution in [1.29, 1.82) is 0 Å². The minimum absolute atomic E-state index is 0.0278. The Morgan fingerprint density at radius 3 is 2.33 bits per heavy atom. The average Bonchev–Trinajstić information content (AvgIpc) is 2.79. The lowest BCUT2D eigenvalue weighted by Crippen LogP contribution is -2.48. The SMILES string of the molecule is CCN1CC(NC(=O)NC2CCC(C(=O)O)CC2)CC1=O. The maximum Gasteiger partial charge on any atom is 0.315 e. The third-order valence-corrected chi connectivity index (χ3v) is 4.34. The van der Waals surface area contributed by atoms with E-state index in [1.165, 1.54) is 0 Å². The standard InChI is InChI=1S/C14H23N3O4/c1-2-17-8-11(7-12(17)18)16-14(21)15-10-5-3-9(4-6-10)13(19)20/h9-11H,2-8H2,1H3,(H,19,20)(H2,15,16,21). The van der Waals surface area contributed by atoms with Crippen LogP contribution in [-0.4, -0.2) is 53.1 Å². The molecule has 21 heavy (non-hydrogen) atoms. The predicted molar refractivity (Wildman–Crippen MR) is 75.7 cm³/mol. The van der Waals surface area contributed by atoms with Crippen LogP contribution < -0.4 is 10.6 Å². The number of hydrogen-bond acceptors (Lipinski definition) is 3. The van der Waals surface area contributed by atoms with Gasteiger partial charge in [0.2, 0.25) is 5.91 Å². The molecule has 2 rings (SSSR count). The van der Waals surface area contributed by atoms with Crippen molar-refractivity contribution in [2.24, 2.45) is 5.92 Å². The van der Waals surface area contributed by atoms with E-state index in [9.17, 15) is 14.4 Å². The Morgan fingerprint density at radius 2 is 1.81 bits per heavy atom. The number of likely N-dealkylation sites (tertiary alicyclic amines) is 1. The third-order valence-electron chi connectivity index (χ3n) is 4.34. The Balaban J connectivity index is 1.71. The summed E-state index contributed by atoms with van der Waals surface area (Å²) in [5.41, 5.74) is 0. The Kier molecular flexibility index (Phi) is 5.03. The summed E-state index contributed by atoms with van der Waals surface area (Å²) in [5.74, 6) is -0.955. The molecule has 118 valence electrons. The van der Waals surface area contributed by atoms with Gasteiger partial charge in [-0.15, -0.1) is 0 Å². The Bertz CT molecular complexity index is 418. The highest BCUT2D eigenvalue weighted by molar-refractivity contribution is 5.81. The lowest BCUT2D eigenvalue weighted by molar-refractivity contribution is -0.142. The van der Waals surface area contributed by atoms with E-state index in [4.69, 9.17) is 5.11 Å². The Hall–Kier alpha value is -1.79. The van der Waals surface area contributed by atoms with Gasteiger partial charge in [0.15, 0.2) is 0 Å². The number of carboxylic acids is 1. The second kappa shape index (κ2) is 6.78. The monoisotopic (exact) mass is 297 g/mol. The zero-order valence-electron chi connectivity index (χ0n) is 12.3. The van der Waals surface area contributed by atoms with Crippen LogP contribution in [0.25, 0.3) is 0 Å². The van der Waals surface area contributed by atoms with E-state index in [-0.39, 0.29) is 29.9 Å². The first-order valence-electron chi connectivity index (χ1n) is 7.57. The zero-order chi connectivity index (χ0) is 15.4. The van der Waals surface area contributed by atoms with Gasteiger partial charge in [0.05, 0.1) is 12.0 Å². The minimum atomic E-state index is -0.748. The summed E-state index contributed by atoms with van der Waals surface area (Å²) in [5, 5.41) is 14.6. The zero-order valence-corrected chi connectivity index (χ0v) is 12.3. The molecule has 1 aliphatic heterocycles. The average molecular weight is 297 g/mol. The number of urea groups is 1. The van der Waals surface area contributed by atoms with Crippen molar-refractivity contribution in [3.8, 4) is 0 Å². The molecule has 0 radical (unpaired) electrons. The molecule has 0 aromatic carbocycles. The number of nitrogens with one attached hydrogen (secondary N) is 2. The van der Waals surface area contributed by atoms with Crippen LogP contribution in [0.5, 0.6) is 0 Å². The van der Waals surface area contributed by atoms with Gasteiger partial charge in [0, 0.05) is 25.6 Å². The largest absolute Gasteiger partial charge is 0.481 e. The number of rotatable bonds is 4. The fraction of sp³-hybridized carbons (Fsp3) is 0.786. The minimum Gasteiger partial charge on any atom is -0.481 e. The fourth-order valence-corrected chi connectivity index (χ4v) is 3.07. The summed E-state index contributed by atoms with van der Waals surface area (Å²) in [4.78, 5) is 36.1. The number of nitrogens with zero attached hydrogens (tertiary/aromatic N) is 1. The molecule has 0 spiro atoms. The molecule has 1 aliphatic carbocycles. The first-order chi connectivity index (χ1) is 9.99. The first kappa shape index (κ1) is 15.6. The first-order valence-corrected chi connectivity index (χ1v) is 7.57. The summed E-state index contributed by atoms with van der Waals surface area (Å²) in [6.45, 7) is 3.15. The number of aliphatic carboxylic acids is 1. The maximum absolute atomic E-state index is 11.9. The molecule has 1 atom stereocenters. The maximum atomic E-state index is 11.9. The van der Waals surface area contributed by atoms with Crippen LogP contribution in [-0.2, 0) is 9.59 Å². The molecular formula is C14H23N3O4. The van der Waals surface area contributed by atoms with E-state index in [2.05, 4.69) is 10.6 Å². The molecule has 1 saturated carbocycles. The van der Waals surface area contributed by atoms with Crippen LogP contribution in [0.3, 0.4) is 0 Å². The molecule has 0 aromatic heterocycles. The highest BCUT2D eigenvalue weighted by Gasteiger charge is 2.31. The van der Waals surface area contributed by atoms with Crippen molar-refractivity contribution in [3.63, 3.8) is 0 Å². The Morgan fingerprint density at radius 1 is 1.19 bits per heavy atom. The van der Waals surface area contributed by atoms with Crippen LogP contribution in [0.4, 0.5) is 4.79 Å². The highest BCUT2D eigenvalue weighted by Crippen LogP contribution is 2.24. The predicted octanol–water partition coefficient (Wildman–Crippen LogP) is 0.550. The van der Waals surface area contributed by atoms with Gasteiger partial charge in [-0.25, -0.2) is 4.79 Å². The van der Waals surface area contributed by atoms with Gasteiger partial charge < -0.3 is 20.6 Å². The van der Waals surface area contributed by atoms with Crippen molar-refractivity contribution in [1.82, 2.24) is 15.5 Å². The summed E-state index contributed by atoms with van der Waals surface area (Å²) in [7, 11) is 0. The molecule has 7 heteroatoms. The Labute approximate surface area is 124 Å². The summed E-state index contributed by atoms with van der Waals surface area (Å²) < 4.78 is 0. The van der Waals surface area contributed by atoms with Gasteiger partial charge in [-0.05, 0) is 32.6 Å². The van der Waals surface area contributed by atoms with Gasteiger partial charge in [0.1, 0.15) is 0 Å². The van der Waals surface area contributed by atoms with Crippen LogP contribution in [0.2, 0.25) is 0 Å². The molecule has 0 aromatic rings. The molecular weight excluding hydrogens is 274 g/mol. The van der Waals surface area contributed by atoms with Gasteiger partial charge in [-0.1, -0.05) is 0 Å². The number of carboxylic acid groups (broad SMARTS) is 1. The number of carbonyl (C=O) groups is 3. The number of amides is 3. The number of likely N-dealkylation sites (N-methyl/N-ethyl adjacent to an activating group) is 1. The van der Waals surface area contributed by atoms with Crippen molar-refractivity contribution in [3.05, 3.63) is 0 Å². The molecule has 1 heterocycles. The molecule has 1 saturated heterocycles. The van der Waals surface area contributed by atoms with E-state index in [0.29, 0.717) is 45.2 Å².